The predicted octanol–water partition coefficient (Wildman–Crippen LogP) is 4.97. The lowest BCUT2D eigenvalue weighted by Crippen LogP contribution is -2.50. The molecule has 0 radical (unpaired) electrons. The largest absolute Gasteiger partial charge is 0.416 e. The number of hydrogen-bond acceptors (Lipinski definition) is 4. The number of aryl methyl sites for hydroxylation is 1. The van der Waals surface area contributed by atoms with Crippen molar-refractivity contribution in [1.29, 1.82) is 0 Å². The van der Waals surface area contributed by atoms with E-state index in [1.165, 1.54) is 10.4 Å². The van der Waals surface area contributed by atoms with Gasteiger partial charge < -0.3 is 5.32 Å². The lowest BCUT2D eigenvalue weighted by atomic mass is 10.0. The van der Waals surface area contributed by atoms with Crippen LogP contribution in [-0.2, 0) is 33.7 Å². The summed E-state index contributed by atoms with van der Waals surface area (Å²) in [5.41, 5.74) is -1.06. The van der Waals surface area contributed by atoms with Crippen LogP contribution in [0.5, 0.6) is 0 Å². The smallest absolute Gasteiger partial charge is 0.351 e. The molecule has 1 aliphatic carbocycles. The number of piperidine rings is 1. The van der Waals surface area contributed by atoms with Crippen LogP contribution in [0.1, 0.15) is 47.9 Å². The Morgan fingerprint density at radius 2 is 1.54 bits per heavy atom. The van der Waals surface area contributed by atoms with Gasteiger partial charge in [-0.2, -0.15) is 30.6 Å². The van der Waals surface area contributed by atoms with E-state index in [4.69, 9.17) is 0 Å². The monoisotopic (exact) mass is 577 g/mol. The Kier molecular flexibility index (Phi) is 8.34. The fraction of sp³-hybridized carbons (Fsp3) is 0.500. The molecule has 13 heteroatoms. The number of sulfonamides is 1. The molecule has 4 rings (SSSR count). The maximum atomic E-state index is 13.4. The minimum absolute atomic E-state index is 0.00549. The Bertz CT molecular complexity index is 1300. The number of hydrogen-bond donors (Lipinski definition) is 1. The van der Waals surface area contributed by atoms with E-state index in [-0.39, 0.29) is 25.0 Å². The molecule has 1 saturated heterocycles. The zero-order valence-electron chi connectivity index (χ0n) is 21.1. The number of alkyl halides is 6. The molecule has 2 aromatic rings. The summed E-state index contributed by atoms with van der Waals surface area (Å²) in [5, 5.41) is 2.63. The van der Waals surface area contributed by atoms with Crippen molar-refractivity contribution in [2.45, 2.75) is 68.5 Å². The molecule has 0 atom stereocenters. The lowest BCUT2D eigenvalue weighted by molar-refractivity contribution is -0.138. The first-order valence-corrected chi connectivity index (χ1v) is 14.0. The van der Waals surface area contributed by atoms with E-state index in [0.717, 1.165) is 24.3 Å². The molecule has 0 spiro atoms. The molecule has 0 aromatic heterocycles. The van der Waals surface area contributed by atoms with Crippen molar-refractivity contribution in [3.8, 4) is 0 Å². The number of rotatable bonds is 8. The number of nitrogens with one attached hydrogen (secondary N) is 1. The van der Waals surface area contributed by atoms with Crippen molar-refractivity contribution in [3.63, 3.8) is 0 Å². The van der Waals surface area contributed by atoms with E-state index < -0.39 is 44.4 Å². The maximum Gasteiger partial charge on any atom is 0.416 e. The van der Waals surface area contributed by atoms with Crippen LogP contribution < -0.4 is 5.32 Å². The molecule has 1 amide bonds. The van der Waals surface area contributed by atoms with Crippen LogP contribution in [0.4, 0.5) is 26.3 Å². The van der Waals surface area contributed by atoms with Gasteiger partial charge in [0.05, 0.1) is 22.6 Å². The first-order chi connectivity index (χ1) is 18.1. The van der Waals surface area contributed by atoms with Gasteiger partial charge in [-0.15, -0.1) is 0 Å². The summed E-state index contributed by atoms with van der Waals surface area (Å²) in [6, 6.07) is 6.68. The average molecular weight is 578 g/mol. The number of amides is 1. The van der Waals surface area contributed by atoms with Gasteiger partial charge in [-0.05, 0) is 68.5 Å². The van der Waals surface area contributed by atoms with Crippen molar-refractivity contribution in [1.82, 2.24) is 14.5 Å². The van der Waals surface area contributed by atoms with Crippen molar-refractivity contribution < 1.29 is 39.6 Å². The topological polar surface area (TPSA) is 69.7 Å². The van der Waals surface area contributed by atoms with Gasteiger partial charge >= 0.3 is 12.4 Å². The minimum Gasteiger partial charge on any atom is -0.351 e. The Morgan fingerprint density at radius 1 is 0.923 bits per heavy atom. The Morgan fingerprint density at radius 3 is 2.13 bits per heavy atom. The van der Waals surface area contributed by atoms with Crippen LogP contribution in [0, 0.1) is 6.92 Å². The van der Waals surface area contributed by atoms with E-state index >= 15 is 0 Å². The van der Waals surface area contributed by atoms with Crippen LogP contribution in [-0.4, -0.2) is 55.2 Å². The van der Waals surface area contributed by atoms with Gasteiger partial charge in [0.25, 0.3) is 0 Å². The molecule has 6 nitrogen and oxygen atoms in total. The molecule has 1 N–H and O–H groups in total. The third kappa shape index (κ3) is 7.31. The third-order valence-corrected chi connectivity index (χ3v) is 8.88. The van der Waals surface area contributed by atoms with Crippen LogP contribution >= 0.6 is 0 Å². The normalized spacial score (nSPS) is 17.9. The second kappa shape index (κ2) is 11.1. The number of benzene rings is 2. The fourth-order valence-electron chi connectivity index (χ4n) is 4.89. The van der Waals surface area contributed by atoms with Crippen LogP contribution in [0.25, 0.3) is 0 Å². The molecule has 1 saturated carbocycles. The predicted molar refractivity (Wildman–Crippen MR) is 131 cm³/mol. The minimum atomic E-state index is -4.66. The number of likely N-dealkylation sites (tertiary alicyclic amines) is 1. The van der Waals surface area contributed by atoms with Gasteiger partial charge in [-0.3, -0.25) is 9.69 Å². The molecular formula is C26H29F6N3O3S. The highest BCUT2D eigenvalue weighted by molar-refractivity contribution is 7.89. The summed E-state index contributed by atoms with van der Waals surface area (Å²) in [5.74, 6) is -0.376. The lowest BCUT2D eigenvalue weighted by Gasteiger charge is -2.37. The summed E-state index contributed by atoms with van der Waals surface area (Å²) in [6.07, 6.45) is -7.09. The second-order valence-electron chi connectivity index (χ2n) is 10.1. The van der Waals surface area contributed by atoms with E-state index in [9.17, 15) is 39.6 Å². The summed E-state index contributed by atoms with van der Waals surface area (Å²) in [6.45, 7) is 2.26. The first kappa shape index (κ1) is 29.3. The molecule has 2 aromatic carbocycles. The summed E-state index contributed by atoms with van der Waals surface area (Å²) >= 11 is 0. The van der Waals surface area contributed by atoms with Crippen LogP contribution in [0.2, 0.25) is 0 Å². The third-order valence-electron chi connectivity index (χ3n) is 6.88. The quantitative estimate of drug-likeness (QED) is 0.450. The van der Waals surface area contributed by atoms with E-state index in [1.807, 2.05) is 4.90 Å². The number of halogens is 6. The standard InChI is InChI=1S/C26H29F6N3O3S/c1-17-11-18(13-20(12-17)26(30,31)32)15-33-24(36)16-34-9-7-22(8-10-34)35(21-5-6-21)39(37,38)23-4-2-3-19(14-23)25(27,28)29/h2-4,11-14,21-22H,5-10,15-16H2,1H3,(H,33,36). The Hall–Kier alpha value is -2.64. The zero-order chi connectivity index (χ0) is 28.6. The molecule has 0 bridgehead atoms. The highest BCUT2D eigenvalue weighted by atomic mass is 32.2. The van der Waals surface area contributed by atoms with E-state index in [1.54, 1.807) is 13.0 Å². The summed E-state index contributed by atoms with van der Waals surface area (Å²) < 4.78 is 107. The van der Waals surface area contributed by atoms with Gasteiger partial charge in [-0.1, -0.05) is 17.7 Å². The van der Waals surface area contributed by atoms with Crippen LogP contribution in [0.3, 0.4) is 0 Å². The SMILES string of the molecule is Cc1cc(CNC(=O)CN2CCC(N(C3CC3)S(=O)(=O)c3cccc(C(F)(F)F)c3)CC2)cc(C(F)(F)F)c1. The second-order valence-corrected chi connectivity index (χ2v) is 11.9. The number of nitrogens with zero attached hydrogens (tertiary/aromatic N) is 2. The number of carbonyl (C=O) groups is 1. The first-order valence-electron chi connectivity index (χ1n) is 12.5. The molecule has 0 unspecified atom stereocenters. The molecule has 214 valence electrons. The highest BCUT2D eigenvalue weighted by Gasteiger charge is 2.44. The highest BCUT2D eigenvalue weighted by Crippen LogP contribution is 2.38. The fourth-order valence-corrected chi connectivity index (χ4v) is 6.87. The van der Waals surface area contributed by atoms with Crippen molar-refractivity contribution >= 4 is 15.9 Å². The number of carbonyl (C=O) groups excluding carboxylic acids is 1. The maximum absolute atomic E-state index is 13.4. The van der Waals surface area contributed by atoms with Crippen molar-refractivity contribution in [2.75, 3.05) is 19.6 Å². The van der Waals surface area contributed by atoms with Crippen molar-refractivity contribution in [2.24, 2.45) is 0 Å². The Labute approximate surface area is 223 Å². The molecule has 39 heavy (non-hydrogen) atoms. The molecule has 1 aliphatic heterocycles. The zero-order valence-corrected chi connectivity index (χ0v) is 22.0. The molecule has 1 heterocycles. The van der Waals surface area contributed by atoms with Gasteiger partial charge in [0.2, 0.25) is 15.9 Å². The Balaban J connectivity index is 1.35. The van der Waals surface area contributed by atoms with Crippen molar-refractivity contribution in [3.05, 3.63) is 64.7 Å². The summed E-state index contributed by atoms with van der Waals surface area (Å²) in [7, 11) is -4.16. The van der Waals surface area contributed by atoms with Gasteiger partial charge in [0.1, 0.15) is 0 Å². The van der Waals surface area contributed by atoms with Gasteiger partial charge in [-0.25, -0.2) is 8.42 Å². The summed E-state index contributed by atoms with van der Waals surface area (Å²) in [4.78, 5) is 13.9. The van der Waals surface area contributed by atoms with Crippen LogP contribution in [0.15, 0.2) is 47.4 Å². The van der Waals surface area contributed by atoms with E-state index in [2.05, 4.69) is 5.32 Å². The molecule has 2 fully saturated rings. The van der Waals surface area contributed by atoms with Gasteiger partial charge in [0.15, 0.2) is 0 Å². The molecular weight excluding hydrogens is 548 g/mol. The average Bonchev–Trinajstić information content (AvgIpc) is 3.67. The van der Waals surface area contributed by atoms with Gasteiger partial charge in [0, 0.05) is 31.7 Å². The molecule has 2 aliphatic rings. The van der Waals surface area contributed by atoms with E-state index in [0.29, 0.717) is 56.0 Å².